The number of hydrogen-bond donors (Lipinski definition) is 0. The summed E-state index contributed by atoms with van der Waals surface area (Å²) in [6.07, 6.45) is 0.397. The molecule has 0 spiro atoms. The van der Waals surface area contributed by atoms with Crippen LogP contribution in [0, 0.1) is 10.1 Å². The van der Waals surface area contributed by atoms with Gasteiger partial charge in [-0.2, -0.15) is 0 Å². The molecular formula is C16H14N2O6S2. The summed E-state index contributed by atoms with van der Waals surface area (Å²) >= 11 is 0. The molecule has 0 aliphatic carbocycles. The molecule has 0 saturated carbocycles. The Bertz CT molecular complexity index is 759. The number of rotatable bonds is 6. The molecule has 2 heterocycles. The van der Waals surface area contributed by atoms with E-state index in [-0.39, 0.29) is 23.3 Å². The van der Waals surface area contributed by atoms with Crippen LogP contribution < -0.4 is 4.74 Å². The second kappa shape index (κ2) is 8.88. The van der Waals surface area contributed by atoms with Gasteiger partial charge in [-0.3, -0.25) is 10.1 Å². The van der Waals surface area contributed by atoms with E-state index in [1.165, 1.54) is 45.9 Å². The molecule has 10 heteroatoms. The number of carbonyl (C=O) groups is 1. The van der Waals surface area contributed by atoms with E-state index in [9.17, 15) is 14.9 Å². The number of non-ortho nitro benzene ring substituents is 1. The van der Waals surface area contributed by atoms with Crippen molar-refractivity contribution in [3.63, 3.8) is 0 Å². The third-order valence-corrected chi connectivity index (χ3v) is 6.11. The maximum atomic E-state index is 11.9. The Balaban J connectivity index is 1.50. The predicted octanol–water partition coefficient (Wildman–Crippen LogP) is 3.71. The number of nitrogens with zero attached hydrogens (tertiary/aromatic N) is 2. The lowest BCUT2D eigenvalue weighted by atomic mass is 10.3. The molecule has 1 aromatic carbocycles. The van der Waals surface area contributed by atoms with Crippen molar-refractivity contribution in [1.82, 2.24) is 4.98 Å². The topological polar surface area (TPSA) is 101 Å². The van der Waals surface area contributed by atoms with Gasteiger partial charge in [0.05, 0.1) is 23.4 Å². The largest absolute Gasteiger partial charge is 0.514 e. The molecule has 0 amide bonds. The van der Waals surface area contributed by atoms with Crippen LogP contribution in [0.1, 0.15) is 0 Å². The second-order valence-electron chi connectivity index (χ2n) is 5.18. The Hall–Kier alpha value is -2.30. The first kappa shape index (κ1) is 18.5. The van der Waals surface area contributed by atoms with E-state index in [0.717, 1.165) is 5.03 Å². The van der Waals surface area contributed by atoms with Crippen LogP contribution in [0.3, 0.4) is 0 Å². The third-order valence-electron chi connectivity index (χ3n) is 3.37. The van der Waals surface area contributed by atoms with Gasteiger partial charge in [0.2, 0.25) is 0 Å². The van der Waals surface area contributed by atoms with E-state index < -0.39 is 17.2 Å². The second-order valence-corrected chi connectivity index (χ2v) is 7.64. The van der Waals surface area contributed by atoms with Crippen molar-refractivity contribution in [2.75, 3.05) is 13.2 Å². The normalized spacial score (nSPS) is 19.1. The van der Waals surface area contributed by atoms with Gasteiger partial charge in [0, 0.05) is 18.3 Å². The van der Waals surface area contributed by atoms with Crippen LogP contribution in [0.2, 0.25) is 0 Å². The minimum atomic E-state index is -0.872. The third kappa shape index (κ3) is 5.10. The summed E-state index contributed by atoms with van der Waals surface area (Å²) in [5.41, 5.74) is -0.0853. The highest BCUT2D eigenvalue weighted by Crippen LogP contribution is 2.37. The zero-order valence-electron chi connectivity index (χ0n) is 13.3. The van der Waals surface area contributed by atoms with E-state index in [1.807, 2.05) is 18.2 Å². The van der Waals surface area contributed by atoms with E-state index in [2.05, 4.69) is 4.98 Å². The van der Waals surface area contributed by atoms with Gasteiger partial charge in [-0.1, -0.05) is 16.9 Å². The highest BCUT2D eigenvalue weighted by Gasteiger charge is 2.33. The quantitative estimate of drug-likeness (QED) is 0.238. The van der Waals surface area contributed by atoms with Crippen LogP contribution in [0.5, 0.6) is 5.75 Å². The van der Waals surface area contributed by atoms with E-state index >= 15 is 0 Å². The molecule has 1 fully saturated rings. The van der Waals surface area contributed by atoms with Gasteiger partial charge in [0.15, 0.2) is 0 Å². The van der Waals surface area contributed by atoms with Crippen LogP contribution in [0.25, 0.3) is 0 Å². The SMILES string of the molecule is O=C(Oc1ccc([N+](=O)[O-])cc1)O[C@@H]1COCC1SSc1ccccn1. The Labute approximate surface area is 156 Å². The van der Waals surface area contributed by atoms with Crippen molar-refractivity contribution in [2.24, 2.45) is 0 Å². The number of ether oxygens (including phenoxy) is 3. The summed E-state index contributed by atoms with van der Waals surface area (Å²) in [5, 5.41) is 11.4. The number of carbonyl (C=O) groups excluding carboxylic acids is 1. The lowest BCUT2D eigenvalue weighted by Gasteiger charge is -2.16. The molecular weight excluding hydrogens is 380 g/mol. The van der Waals surface area contributed by atoms with Crippen LogP contribution >= 0.6 is 21.6 Å². The maximum Gasteiger partial charge on any atom is 0.514 e. The van der Waals surface area contributed by atoms with Gasteiger partial charge in [-0.05, 0) is 35.1 Å². The molecule has 136 valence electrons. The Kier molecular flexibility index (Phi) is 6.31. The molecule has 0 radical (unpaired) electrons. The van der Waals surface area contributed by atoms with Crippen LogP contribution in [0.4, 0.5) is 10.5 Å². The number of pyridine rings is 1. The standard InChI is InChI=1S/C16H14N2O6S2/c19-16(23-12-6-4-11(5-7-12)18(20)21)24-13-9-22-10-14(13)25-26-15-3-1-2-8-17-15/h1-8,13-14H,9-10H2/t13-,14?/m1/s1. The number of aromatic nitrogens is 1. The summed E-state index contributed by atoms with van der Waals surface area (Å²) < 4.78 is 15.8. The van der Waals surface area contributed by atoms with Gasteiger partial charge >= 0.3 is 6.16 Å². The van der Waals surface area contributed by atoms with Crippen molar-refractivity contribution in [2.45, 2.75) is 16.4 Å². The predicted molar refractivity (Wildman–Crippen MR) is 96.3 cm³/mol. The molecule has 0 N–H and O–H groups in total. The van der Waals surface area contributed by atoms with Gasteiger partial charge in [-0.25, -0.2) is 9.78 Å². The first-order valence-corrected chi connectivity index (χ1v) is 9.78. The summed E-state index contributed by atoms with van der Waals surface area (Å²) in [6, 6.07) is 10.8. The lowest BCUT2D eigenvalue weighted by molar-refractivity contribution is -0.384. The summed E-state index contributed by atoms with van der Waals surface area (Å²) in [4.78, 5) is 26.3. The number of benzene rings is 1. The molecule has 2 aromatic rings. The molecule has 3 rings (SSSR count). The Morgan fingerprint density at radius 3 is 2.73 bits per heavy atom. The zero-order chi connectivity index (χ0) is 18.4. The Morgan fingerprint density at radius 2 is 2.04 bits per heavy atom. The van der Waals surface area contributed by atoms with Crippen molar-refractivity contribution in [1.29, 1.82) is 0 Å². The number of nitro groups is 1. The average molecular weight is 394 g/mol. The van der Waals surface area contributed by atoms with Gasteiger partial charge in [0.1, 0.15) is 16.9 Å². The molecule has 1 saturated heterocycles. The Morgan fingerprint density at radius 1 is 1.23 bits per heavy atom. The molecule has 1 aliphatic heterocycles. The van der Waals surface area contributed by atoms with Crippen molar-refractivity contribution in [3.05, 3.63) is 58.8 Å². The molecule has 26 heavy (non-hydrogen) atoms. The summed E-state index contributed by atoms with van der Waals surface area (Å²) in [6.45, 7) is 0.746. The molecule has 2 atom stereocenters. The number of nitro benzene ring substituents is 1. The van der Waals surface area contributed by atoms with Crippen LogP contribution in [-0.4, -0.2) is 40.6 Å². The fourth-order valence-electron chi connectivity index (χ4n) is 2.10. The minimum absolute atomic E-state index is 0.0496. The highest BCUT2D eigenvalue weighted by molar-refractivity contribution is 8.76. The van der Waals surface area contributed by atoms with E-state index in [4.69, 9.17) is 14.2 Å². The minimum Gasteiger partial charge on any atom is -0.427 e. The average Bonchev–Trinajstić information content (AvgIpc) is 3.08. The number of hydrogen-bond acceptors (Lipinski definition) is 9. The smallest absolute Gasteiger partial charge is 0.427 e. The molecule has 1 unspecified atom stereocenters. The van der Waals surface area contributed by atoms with Gasteiger partial charge < -0.3 is 14.2 Å². The van der Waals surface area contributed by atoms with Crippen molar-refractivity contribution >= 4 is 33.4 Å². The fourth-order valence-corrected chi connectivity index (χ4v) is 4.47. The first-order chi connectivity index (χ1) is 12.6. The van der Waals surface area contributed by atoms with Crippen LogP contribution in [0.15, 0.2) is 53.7 Å². The van der Waals surface area contributed by atoms with Gasteiger partial charge in [0.25, 0.3) is 5.69 Å². The van der Waals surface area contributed by atoms with Crippen molar-refractivity contribution < 1.29 is 23.9 Å². The van der Waals surface area contributed by atoms with E-state index in [1.54, 1.807) is 6.20 Å². The molecule has 8 nitrogen and oxygen atoms in total. The van der Waals surface area contributed by atoms with E-state index in [0.29, 0.717) is 6.61 Å². The highest BCUT2D eigenvalue weighted by atomic mass is 33.1. The zero-order valence-corrected chi connectivity index (χ0v) is 15.0. The fraction of sp³-hybridized carbons (Fsp3) is 0.250. The molecule has 1 aliphatic rings. The molecule has 0 bridgehead atoms. The van der Waals surface area contributed by atoms with Gasteiger partial charge in [-0.15, -0.1) is 0 Å². The maximum absolute atomic E-state index is 11.9. The monoisotopic (exact) mass is 394 g/mol. The summed E-state index contributed by atoms with van der Waals surface area (Å²) in [5.74, 6) is 0.173. The lowest BCUT2D eigenvalue weighted by Crippen LogP contribution is -2.28. The first-order valence-electron chi connectivity index (χ1n) is 7.57. The summed E-state index contributed by atoms with van der Waals surface area (Å²) in [7, 11) is 3.01. The molecule has 1 aromatic heterocycles. The van der Waals surface area contributed by atoms with Crippen molar-refractivity contribution in [3.8, 4) is 5.75 Å². The van der Waals surface area contributed by atoms with Crippen LogP contribution in [-0.2, 0) is 9.47 Å².